The number of nitrogens with zero attached hydrogens (tertiary/aromatic N) is 4. The van der Waals surface area contributed by atoms with Gasteiger partial charge in [-0.3, -0.25) is 9.36 Å². The van der Waals surface area contributed by atoms with Gasteiger partial charge in [0.15, 0.2) is 0 Å². The van der Waals surface area contributed by atoms with Gasteiger partial charge >= 0.3 is 0 Å². The van der Waals surface area contributed by atoms with Crippen LogP contribution in [0.3, 0.4) is 0 Å². The quantitative estimate of drug-likeness (QED) is 0.697. The number of para-hydroxylation sites is 1. The molecule has 0 aliphatic heterocycles. The van der Waals surface area contributed by atoms with Gasteiger partial charge in [0, 0.05) is 0 Å². The number of carbonyl (C=O) groups is 1. The van der Waals surface area contributed by atoms with E-state index in [-0.39, 0.29) is 5.91 Å². The number of amides is 1. The van der Waals surface area contributed by atoms with Gasteiger partial charge in [-0.15, -0.1) is 10.2 Å². The highest BCUT2D eigenvalue weighted by atomic mass is 16.5. The van der Waals surface area contributed by atoms with Crippen molar-refractivity contribution in [3.8, 4) is 11.6 Å². The Morgan fingerprint density at radius 1 is 1.04 bits per heavy atom. The normalized spacial score (nSPS) is 10.3. The van der Waals surface area contributed by atoms with Crippen LogP contribution in [0.2, 0.25) is 0 Å². The summed E-state index contributed by atoms with van der Waals surface area (Å²) in [5, 5.41) is 10.2. The molecule has 1 aromatic carbocycles. The number of ether oxygens (including phenoxy) is 1. The first kappa shape index (κ1) is 14.7. The minimum atomic E-state index is -0.253. The summed E-state index contributed by atoms with van der Waals surface area (Å²) in [5.74, 6) is 1.11. The zero-order valence-electron chi connectivity index (χ0n) is 12.3. The fourth-order valence-electron chi connectivity index (χ4n) is 1.95. The van der Waals surface area contributed by atoms with Gasteiger partial charge in [0.2, 0.25) is 0 Å². The highest BCUT2D eigenvalue weighted by Crippen LogP contribution is 2.07. The highest BCUT2D eigenvalue weighted by molar-refractivity contribution is 5.92. The molecule has 116 valence electrons. The molecule has 7 nitrogen and oxygen atoms in total. The minimum absolute atomic E-state index is 0.253. The van der Waals surface area contributed by atoms with Crippen LogP contribution in [-0.4, -0.2) is 38.8 Å². The molecule has 0 radical (unpaired) electrons. The Balaban J connectivity index is 1.53. The fraction of sp³-hybridized carbons (Fsp3) is 0.125. The Labute approximate surface area is 133 Å². The van der Waals surface area contributed by atoms with Gasteiger partial charge in [-0.1, -0.05) is 24.3 Å². The molecule has 7 heteroatoms. The van der Waals surface area contributed by atoms with E-state index in [1.165, 1.54) is 12.7 Å². The van der Waals surface area contributed by atoms with Crippen LogP contribution >= 0.6 is 0 Å². The standard InChI is InChI=1S/C16H15N5O2/c22-16(17-9-10-23-13-5-2-1-3-6-13)14-7-4-8-15(20-14)21-11-18-19-12-21/h1-8,11-12H,9-10H2,(H,17,22). The number of pyridine rings is 1. The molecule has 0 fully saturated rings. The summed E-state index contributed by atoms with van der Waals surface area (Å²) >= 11 is 0. The lowest BCUT2D eigenvalue weighted by Gasteiger charge is -2.08. The van der Waals surface area contributed by atoms with Crippen molar-refractivity contribution in [1.82, 2.24) is 25.1 Å². The monoisotopic (exact) mass is 309 g/mol. The molecule has 0 aliphatic carbocycles. The van der Waals surface area contributed by atoms with Gasteiger partial charge in [0.25, 0.3) is 5.91 Å². The molecule has 3 aromatic rings. The molecule has 0 unspecified atom stereocenters. The first-order chi connectivity index (χ1) is 11.3. The number of nitrogens with one attached hydrogen (secondary N) is 1. The molecule has 1 N–H and O–H groups in total. The van der Waals surface area contributed by atoms with E-state index in [1.807, 2.05) is 30.3 Å². The van der Waals surface area contributed by atoms with Crippen molar-refractivity contribution in [2.24, 2.45) is 0 Å². The molecule has 0 aliphatic rings. The number of rotatable bonds is 6. The lowest BCUT2D eigenvalue weighted by molar-refractivity contribution is 0.0942. The van der Waals surface area contributed by atoms with Gasteiger partial charge in [-0.2, -0.15) is 0 Å². The number of aromatic nitrogens is 4. The summed E-state index contributed by atoms with van der Waals surface area (Å²) in [6.45, 7) is 0.785. The maximum absolute atomic E-state index is 12.1. The molecule has 0 atom stereocenters. The zero-order valence-corrected chi connectivity index (χ0v) is 12.3. The lowest BCUT2D eigenvalue weighted by atomic mass is 10.3. The molecule has 23 heavy (non-hydrogen) atoms. The molecule has 3 rings (SSSR count). The average molecular weight is 309 g/mol. The molecule has 0 saturated carbocycles. The van der Waals surface area contributed by atoms with E-state index in [9.17, 15) is 4.79 Å². The van der Waals surface area contributed by atoms with E-state index >= 15 is 0 Å². The summed E-state index contributed by atoms with van der Waals surface area (Å²) in [6.07, 6.45) is 3.05. The smallest absolute Gasteiger partial charge is 0.270 e. The second-order valence-corrected chi connectivity index (χ2v) is 4.67. The van der Waals surface area contributed by atoms with Crippen LogP contribution in [0.4, 0.5) is 0 Å². The summed E-state index contributed by atoms with van der Waals surface area (Å²) in [6, 6.07) is 14.6. The number of hydrogen-bond donors (Lipinski definition) is 1. The third kappa shape index (κ3) is 3.91. The summed E-state index contributed by atoms with van der Waals surface area (Å²) in [7, 11) is 0. The summed E-state index contributed by atoms with van der Waals surface area (Å²) in [4.78, 5) is 16.4. The summed E-state index contributed by atoms with van der Waals surface area (Å²) < 4.78 is 7.15. The SMILES string of the molecule is O=C(NCCOc1ccccc1)c1cccc(-n2cnnc2)n1. The third-order valence-electron chi connectivity index (χ3n) is 3.05. The average Bonchev–Trinajstić information content (AvgIpc) is 3.14. The molecule has 2 heterocycles. The lowest BCUT2D eigenvalue weighted by Crippen LogP contribution is -2.29. The number of carbonyl (C=O) groups excluding carboxylic acids is 1. The minimum Gasteiger partial charge on any atom is -0.492 e. The first-order valence-corrected chi connectivity index (χ1v) is 7.11. The maximum Gasteiger partial charge on any atom is 0.270 e. The van der Waals surface area contributed by atoms with Gasteiger partial charge in [0.1, 0.15) is 36.5 Å². The van der Waals surface area contributed by atoms with Crippen molar-refractivity contribution in [1.29, 1.82) is 0 Å². The van der Waals surface area contributed by atoms with Crippen LogP contribution in [0.25, 0.3) is 5.82 Å². The second-order valence-electron chi connectivity index (χ2n) is 4.67. The van der Waals surface area contributed by atoms with E-state index in [4.69, 9.17) is 4.74 Å². The van der Waals surface area contributed by atoms with E-state index in [1.54, 1.807) is 22.8 Å². The molecule has 0 saturated heterocycles. The van der Waals surface area contributed by atoms with E-state index in [0.717, 1.165) is 5.75 Å². The van der Waals surface area contributed by atoms with Crippen LogP contribution < -0.4 is 10.1 Å². The predicted octanol–water partition coefficient (Wildman–Crippen LogP) is 1.47. The predicted molar refractivity (Wildman–Crippen MR) is 83.4 cm³/mol. The second kappa shape index (κ2) is 7.17. The molecular formula is C16H15N5O2. The Hall–Kier alpha value is -3.22. The van der Waals surface area contributed by atoms with E-state index in [2.05, 4.69) is 20.5 Å². The molecule has 0 spiro atoms. The van der Waals surface area contributed by atoms with Gasteiger partial charge in [-0.25, -0.2) is 4.98 Å². The summed E-state index contributed by atoms with van der Waals surface area (Å²) in [5.41, 5.74) is 0.330. The molecule has 0 bridgehead atoms. The highest BCUT2D eigenvalue weighted by Gasteiger charge is 2.08. The largest absolute Gasteiger partial charge is 0.492 e. The van der Waals surface area contributed by atoms with Crippen LogP contribution in [-0.2, 0) is 0 Å². The van der Waals surface area contributed by atoms with Crippen LogP contribution in [0.15, 0.2) is 61.2 Å². The van der Waals surface area contributed by atoms with Gasteiger partial charge in [-0.05, 0) is 24.3 Å². The van der Waals surface area contributed by atoms with Crippen molar-refractivity contribution in [3.05, 3.63) is 66.9 Å². The van der Waals surface area contributed by atoms with Crippen molar-refractivity contribution in [2.45, 2.75) is 0 Å². The van der Waals surface area contributed by atoms with Gasteiger partial charge in [0.05, 0.1) is 6.54 Å². The van der Waals surface area contributed by atoms with Crippen molar-refractivity contribution >= 4 is 5.91 Å². The van der Waals surface area contributed by atoms with Crippen LogP contribution in [0.1, 0.15) is 10.5 Å². The fourth-order valence-corrected chi connectivity index (χ4v) is 1.95. The maximum atomic E-state index is 12.1. The molecular weight excluding hydrogens is 294 g/mol. The Kier molecular flexibility index (Phi) is 4.58. The van der Waals surface area contributed by atoms with Crippen molar-refractivity contribution < 1.29 is 9.53 Å². The van der Waals surface area contributed by atoms with Gasteiger partial charge < -0.3 is 10.1 Å². The van der Waals surface area contributed by atoms with Crippen molar-refractivity contribution in [2.75, 3.05) is 13.2 Å². The topological polar surface area (TPSA) is 81.9 Å². The Morgan fingerprint density at radius 2 is 1.83 bits per heavy atom. The van der Waals surface area contributed by atoms with Crippen LogP contribution in [0, 0.1) is 0 Å². The zero-order chi connectivity index (χ0) is 15.9. The Morgan fingerprint density at radius 3 is 2.61 bits per heavy atom. The number of hydrogen-bond acceptors (Lipinski definition) is 5. The van der Waals surface area contributed by atoms with E-state index < -0.39 is 0 Å². The molecule has 2 aromatic heterocycles. The third-order valence-corrected chi connectivity index (χ3v) is 3.05. The first-order valence-electron chi connectivity index (χ1n) is 7.11. The van der Waals surface area contributed by atoms with Crippen LogP contribution in [0.5, 0.6) is 5.75 Å². The number of benzene rings is 1. The van der Waals surface area contributed by atoms with Crippen molar-refractivity contribution in [3.63, 3.8) is 0 Å². The Bertz CT molecular complexity index is 759. The van der Waals surface area contributed by atoms with E-state index in [0.29, 0.717) is 24.7 Å². The molecule has 1 amide bonds.